The van der Waals surface area contributed by atoms with Crippen molar-refractivity contribution in [3.63, 3.8) is 0 Å². The minimum absolute atomic E-state index is 0.0566. The molecule has 0 radical (unpaired) electrons. The van der Waals surface area contributed by atoms with Gasteiger partial charge in [-0.3, -0.25) is 20.5 Å². The number of amides is 1. The average molecular weight is 371 g/mol. The first-order valence-electron chi connectivity index (χ1n) is 10.8. The van der Waals surface area contributed by atoms with Crippen LogP contribution in [-0.4, -0.2) is 60.5 Å². The van der Waals surface area contributed by atoms with Crippen LogP contribution in [0.2, 0.25) is 0 Å². The summed E-state index contributed by atoms with van der Waals surface area (Å²) in [6.45, 7) is 7.13. The zero-order valence-corrected chi connectivity index (χ0v) is 16.6. The molecule has 3 unspecified atom stereocenters. The molecule has 148 valence electrons. The molecule has 3 saturated heterocycles. The van der Waals surface area contributed by atoms with E-state index in [0.717, 1.165) is 52.0 Å². The fraction of sp³-hybridized carbons (Fsp3) is 0.682. The number of carbonyl (C=O) groups excluding carboxylic acids is 1. The van der Waals surface area contributed by atoms with Crippen molar-refractivity contribution in [3.05, 3.63) is 35.9 Å². The van der Waals surface area contributed by atoms with E-state index >= 15 is 0 Å². The van der Waals surface area contributed by atoms with Crippen molar-refractivity contribution in [2.24, 2.45) is 11.8 Å². The van der Waals surface area contributed by atoms with Crippen LogP contribution in [0.5, 0.6) is 0 Å². The van der Waals surface area contributed by atoms with Crippen LogP contribution in [0.15, 0.2) is 30.3 Å². The molecular weight excluding hydrogens is 336 g/mol. The number of hydrogen-bond donors (Lipinski definition) is 2. The Morgan fingerprint density at radius 3 is 2.52 bits per heavy atom. The maximum absolute atomic E-state index is 12.9. The number of likely N-dealkylation sites (tertiary alicyclic amines) is 2. The van der Waals surface area contributed by atoms with Gasteiger partial charge in [-0.1, -0.05) is 30.3 Å². The van der Waals surface area contributed by atoms with Crippen LogP contribution in [-0.2, 0) is 11.2 Å². The Kier molecular flexibility index (Phi) is 6.11. The Morgan fingerprint density at radius 2 is 1.81 bits per heavy atom. The van der Waals surface area contributed by atoms with Crippen LogP contribution in [0.25, 0.3) is 0 Å². The largest absolute Gasteiger partial charge is 0.341 e. The lowest BCUT2D eigenvalue weighted by Crippen LogP contribution is -2.51. The molecule has 1 aromatic rings. The van der Waals surface area contributed by atoms with Crippen molar-refractivity contribution in [3.8, 4) is 0 Å². The van der Waals surface area contributed by atoms with Crippen molar-refractivity contribution in [1.82, 2.24) is 20.7 Å². The lowest BCUT2D eigenvalue weighted by atomic mass is 9.81. The number of benzene rings is 1. The Labute approximate surface area is 163 Å². The van der Waals surface area contributed by atoms with Crippen LogP contribution in [0.1, 0.15) is 38.2 Å². The summed E-state index contributed by atoms with van der Waals surface area (Å²) in [7, 11) is 0. The first-order chi connectivity index (χ1) is 13.2. The predicted molar refractivity (Wildman–Crippen MR) is 108 cm³/mol. The smallest absolute Gasteiger partial charge is 0.239 e. The van der Waals surface area contributed by atoms with E-state index in [9.17, 15) is 4.79 Å². The highest BCUT2D eigenvalue weighted by molar-refractivity contribution is 5.81. The van der Waals surface area contributed by atoms with Gasteiger partial charge in [-0.25, -0.2) is 0 Å². The summed E-state index contributed by atoms with van der Waals surface area (Å²) in [5.41, 5.74) is 8.36. The number of carbonyl (C=O) groups is 1. The molecule has 1 amide bonds. The summed E-state index contributed by atoms with van der Waals surface area (Å²) in [4.78, 5) is 17.3. The van der Waals surface area contributed by atoms with Crippen molar-refractivity contribution in [1.29, 1.82) is 0 Å². The van der Waals surface area contributed by atoms with Gasteiger partial charge in [-0.15, -0.1) is 0 Å². The van der Waals surface area contributed by atoms with Crippen LogP contribution in [0.3, 0.4) is 0 Å². The zero-order chi connectivity index (χ0) is 18.6. The molecule has 3 heterocycles. The minimum atomic E-state index is 0.0566. The number of piperidine rings is 1. The Hall–Kier alpha value is -1.43. The van der Waals surface area contributed by atoms with E-state index < -0.39 is 0 Å². The maximum atomic E-state index is 12.9. The fourth-order valence-corrected chi connectivity index (χ4v) is 5.20. The van der Waals surface area contributed by atoms with Gasteiger partial charge in [0.2, 0.25) is 5.91 Å². The molecule has 0 saturated carbocycles. The highest BCUT2D eigenvalue weighted by Gasteiger charge is 2.37. The predicted octanol–water partition coefficient (Wildman–Crippen LogP) is 2.04. The minimum Gasteiger partial charge on any atom is -0.341 e. The Balaban J connectivity index is 1.30. The number of rotatable bonds is 5. The van der Waals surface area contributed by atoms with Gasteiger partial charge in [0.1, 0.15) is 0 Å². The average Bonchev–Trinajstić information content (AvgIpc) is 3.40. The third-order valence-electron chi connectivity index (χ3n) is 6.89. The van der Waals surface area contributed by atoms with E-state index in [2.05, 4.69) is 57.9 Å². The van der Waals surface area contributed by atoms with E-state index in [1.54, 1.807) is 0 Å². The van der Waals surface area contributed by atoms with E-state index in [0.29, 0.717) is 23.8 Å². The monoisotopic (exact) mass is 370 g/mol. The van der Waals surface area contributed by atoms with Crippen molar-refractivity contribution in [2.45, 2.75) is 51.1 Å². The first kappa shape index (κ1) is 18.9. The molecule has 3 aliphatic heterocycles. The van der Waals surface area contributed by atoms with Crippen LogP contribution in [0.4, 0.5) is 0 Å². The van der Waals surface area contributed by atoms with Gasteiger partial charge in [-0.2, -0.15) is 0 Å². The number of nitrogens with zero attached hydrogens (tertiary/aromatic N) is 2. The third-order valence-corrected chi connectivity index (χ3v) is 6.89. The standard InChI is InChI=1S/C22H34N4O/c1-17(25-11-5-6-12-25)22(27)26-13-9-19(10-14-26)21-20(16-23-24-21)15-18-7-3-2-4-8-18/h2-4,7-8,17,19-21,23-24H,5-6,9-16H2,1H3. The topological polar surface area (TPSA) is 47.6 Å². The van der Waals surface area contributed by atoms with Gasteiger partial charge in [0.25, 0.3) is 0 Å². The zero-order valence-electron chi connectivity index (χ0n) is 16.6. The van der Waals surface area contributed by atoms with E-state index in [4.69, 9.17) is 0 Å². The Bertz CT molecular complexity index is 608. The molecule has 5 heteroatoms. The maximum Gasteiger partial charge on any atom is 0.239 e. The van der Waals surface area contributed by atoms with Gasteiger partial charge in [0.15, 0.2) is 0 Å². The summed E-state index contributed by atoms with van der Waals surface area (Å²) in [6, 6.07) is 11.4. The molecule has 4 rings (SSSR count). The third kappa shape index (κ3) is 4.36. The van der Waals surface area contributed by atoms with Crippen LogP contribution < -0.4 is 10.9 Å². The SMILES string of the molecule is CC(C(=O)N1CCC(C2NNCC2Cc2ccccc2)CC1)N1CCCC1. The van der Waals surface area contributed by atoms with E-state index in [1.165, 1.54) is 18.4 Å². The number of hydrogen-bond acceptors (Lipinski definition) is 4. The molecule has 3 atom stereocenters. The quantitative estimate of drug-likeness (QED) is 0.833. The molecule has 5 nitrogen and oxygen atoms in total. The highest BCUT2D eigenvalue weighted by Crippen LogP contribution is 2.29. The second kappa shape index (κ2) is 8.72. The fourth-order valence-electron chi connectivity index (χ4n) is 5.20. The molecule has 1 aromatic carbocycles. The summed E-state index contributed by atoms with van der Waals surface area (Å²) in [6.07, 6.45) is 5.83. The molecule has 27 heavy (non-hydrogen) atoms. The molecule has 0 bridgehead atoms. The first-order valence-corrected chi connectivity index (χ1v) is 10.8. The Morgan fingerprint density at radius 1 is 1.11 bits per heavy atom. The second-order valence-corrected chi connectivity index (χ2v) is 8.58. The van der Waals surface area contributed by atoms with Crippen LogP contribution in [0, 0.1) is 11.8 Å². The van der Waals surface area contributed by atoms with Gasteiger partial charge in [0.05, 0.1) is 6.04 Å². The molecule has 3 aliphatic rings. The van der Waals surface area contributed by atoms with Gasteiger partial charge in [-0.05, 0) is 69.5 Å². The molecular formula is C22H34N4O. The van der Waals surface area contributed by atoms with Gasteiger partial charge in [0, 0.05) is 25.7 Å². The van der Waals surface area contributed by atoms with Crippen molar-refractivity contribution >= 4 is 5.91 Å². The summed E-state index contributed by atoms with van der Waals surface area (Å²) >= 11 is 0. The lowest BCUT2D eigenvalue weighted by molar-refractivity contribution is -0.137. The van der Waals surface area contributed by atoms with Gasteiger partial charge >= 0.3 is 0 Å². The molecule has 0 spiro atoms. The molecule has 2 N–H and O–H groups in total. The summed E-state index contributed by atoms with van der Waals surface area (Å²) in [5.74, 6) is 1.62. The highest BCUT2D eigenvalue weighted by atomic mass is 16.2. The van der Waals surface area contributed by atoms with Crippen molar-refractivity contribution in [2.75, 3.05) is 32.7 Å². The molecule has 0 aliphatic carbocycles. The van der Waals surface area contributed by atoms with E-state index in [1.807, 2.05) is 0 Å². The second-order valence-electron chi connectivity index (χ2n) is 8.58. The molecule has 3 fully saturated rings. The van der Waals surface area contributed by atoms with Crippen molar-refractivity contribution < 1.29 is 4.79 Å². The normalized spacial score (nSPS) is 28.6. The lowest BCUT2D eigenvalue weighted by Gasteiger charge is -2.38. The molecule has 0 aromatic heterocycles. The summed E-state index contributed by atoms with van der Waals surface area (Å²) in [5, 5.41) is 0. The number of hydrazine groups is 1. The van der Waals surface area contributed by atoms with Crippen LogP contribution >= 0.6 is 0 Å². The summed E-state index contributed by atoms with van der Waals surface area (Å²) < 4.78 is 0. The number of nitrogens with one attached hydrogen (secondary N) is 2. The van der Waals surface area contributed by atoms with Gasteiger partial charge < -0.3 is 4.90 Å². The van der Waals surface area contributed by atoms with E-state index in [-0.39, 0.29) is 6.04 Å².